The number of thiocarbonyl (C=S) groups is 1. The third-order valence-corrected chi connectivity index (χ3v) is 3.39. The smallest absolute Gasteiger partial charge is 0.219 e. The van der Waals surface area contributed by atoms with Gasteiger partial charge >= 0.3 is 0 Å². The molecule has 0 saturated carbocycles. The van der Waals surface area contributed by atoms with E-state index >= 15 is 0 Å². The number of nitrogens with zero attached hydrogens (tertiary/aromatic N) is 1. The van der Waals surface area contributed by atoms with Gasteiger partial charge in [0.1, 0.15) is 16.4 Å². The van der Waals surface area contributed by atoms with Gasteiger partial charge in [0.05, 0.1) is 15.1 Å². The summed E-state index contributed by atoms with van der Waals surface area (Å²) in [6.07, 6.45) is 0. The molecule has 2 rings (SSSR count). The van der Waals surface area contributed by atoms with E-state index in [1.165, 1.54) is 12.1 Å². The number of pyridine rings is 1. The minimum absolute atomic E-state index is 0.186. The van der Waals surface area contributed by atoms with Crippen molar-refractivity contribution >= 4 is 52.0 Å². The van der Waals surface area contributed by atoms with Crippen LogP contribution in [-0.4, -0.2) is 9.97 Å². The average Bonchev–Trinajstić information content (AvgIpc) is 2.36. The van der Waals surface area contributed by atoms with E-state index in [1.807, 2.05) is 0 Å². The van der Waals surface area contributed by atoms with E-state index in [4.69, 9.17) is 57.5 Å². The van der Waals surface area contributed by atoms with Crippen molar-refractivity contribution in [2.45, 2.75) is 0 Å². The number of aromatic nitrogens is 1. The predicted molar refractivity (Wildman–Crippen MR) is 81.7 cm³/mol. The molecule has 98 valence electrons. The number of rotatable bonds is 3. The van der Waals surface area contributed by atoms with Crippen molar-refractivity contribution in [1.82, 2.24) is 4.98 Å². The van der Waals surface area contributed by atoms with E-state index in [2.05, 4.69) is 4.98 Å². The first-order valence-electron chi connectivity index (χ1n) is 5.06. The van der Waals surface area contributed by atoms with E-state index in [0.29, 0.717) is 32.4 Å². The van der Waals surface area contributed by atoms with Gasteiger partial charge in [-0.3, -0.25) is 0 Å². The molecule has 0 saturated heterocycles. The van der Waals surface area contributed by atoms with Crippen molar-refractivity contribution in [3.8, 4) is 11.6 Å². The number of ether oxygens (including phenoxy) is 1. The summed E-state index contributed by atoms with van der Waals surface area (Å²) < 4.78 is 5.53. The molecule has 0 aliphatic heterocycles. The maximum atomic E-state index is 6.01. The molecule has 1 heterocycles. The molecule has 0 spiro atoms. The third-order valence-electron chi connectivity index (χ3n) is 2.17. The van der Waals surface area contributed by atoms with E-state index in [9.17, 15) is 0 Å². The average molecular weight is 334 g/mol. The van der Waals surface area contributed by atoms with Crippen LogP contribution in [0.1, 0.15) is 5.69 Å². The second-order valence-corrected chi connectivity index (χ2v) is 5.19. The van der Waals surface area contributed by atoms with E-state index < -0.39 is 0 Å². The van der Waals surface area contributed by atoms with Crippen molar-refractivity contribution in [2.24, 2.45) is 5.73 Å². The van der Waals surface area contributed by atoms with Crippen molar-refractivity contribution < 1.29 is 4.74 Å². The summed E-state index contributed by atoms with van der Waals surface area (Å²) in [4.78, 5) is 4.32. The van der Waals surface area contributed by atoms with E-state index in [-0.39, 0.29) is 4.99 Å². The lowest BCUT2D eigenvalue weighted by Gasteiger charge is -2.08. The number of benzene rings is 1. The lowest BCUT2D eigenvalue weighted by Crippen LogP contribution is -2.11. The van der Waals surface area contributed by atoms with Gasteiger partial charge in [0.25, 0.3) is 0 Å². The van der Waals surface area contributed by atoms with Crippen molar-refractivity contribution in [1.29, 1.82) is 0 Å². The Kier molecular flexibility index (Phi) is 4.47. The Hall–Kier alpha value is -1.07. The quantitative estimate of drug-likeness (QED) is 0.665. The van der Waals surface area contributed by atoms with Crippen molar-refractivity contribution in [2.75, 3.05) is 0 Å². The first-order valence-corrected chi connectivity index (χ1v) is 6.61. The Morgan fingerprint density at radius 1 is 1.11 bits per heavy atom. The molecule has 0 amide bonds. The highest BCUT2D eigenvalue weighted by Gasteiger charge is 2.09. The molecule has 0 aliphatic rings. The molecule has 2 N–H and O–H groups in total. The summed E-state index contributed by atoms with van der Waals surface area (Å²) in [5.41, 5.74) is 5.96. The van der Waals surface area contributed by atoms with Crippen molar-refractivity contribution in [3.05, 3.63) is 51.1 Å². The standard InChI is InChI=1S/C12H7Cl3N2OS/c13-6-4-8(15)10(5-7(6)14)18-11-3-1-2-9(17-11)12(16)19/h1-5H,(H2,16,19). The summed E-state index contributed by atoms with van der Waals surface area (Å²) in [6, 6.07) is 8.08. The zero-order valence-electron chi connectivity index (χ0n) is 9.36. The molecule has 0 bridgehead atoms. The van der Waals surface area contributed by atoms with Gasteiger partial charge in [-0.2, -0.15) is 0 Å². The highest BCUT2D eigenvalue weighted by atomic mass is 35.5. The first-order chi connectivity index (χ1) is 8.97. The Bertz CT molecular complexity index is 649. The van der Waals surface area contributed by atoms with Crippen LogP contribution in [0.2, 0.25) is 15.1 Å². The molecule has 7 heteroatoms. The fraction of sp³-hybridized carbons (Fsp3) is 0. The fourth-order valence-electron chi connectivity index (χ4n) is 1.30. The van der Waals surface area contributed by atoms with Gasteiger partial charge in [0.2, 0.25) is 5.88 Å². The number of halogens is 3. The Balaban J connectivity index is 2.33. The molecule has 0 fully saturated rings. The van der Waals surface area contributed by atoms with E-state index in [0.717, 1.165) is 0 Å². The van der Waals surface area contributed by atoms with Gasteiger partial charge in [-0.15, -0.1) is 0 Å². The second kappa shape index (κ2) is 5.92. The van der Waals surface area contributed by atoms with Crippen LogP contribution in [-0.2, 0) is 0 Å². The van der Waals surface area contributed by atoms with Gasteiger partial charge < -0.3 is 10.5 Å². The van der Waals surface area contributed by atoms with Gasteiger partial charge in [0, 0.05) is 12.1 Å². The molecule has 1 aromatic carbocycles. The lowest BCUT2D eigenvalue weighted by atomic mass is 10.3. The zero-order valence-corrected chi connectivity index (χ0v) is 12.4. The van der Waals surface area contributed by atoms with Crippen LogP contribution in [0, 0.1) is 0 Å². The normalized spacial score (nSPS) is 10.3. The Morgan fingerprint density at radius 2 is 1.79 bits per heavy atom. The van der Waals surface area contributed by atoms with Crippen LogP contribution in [0.15, 0.2) is 30.3 Å². The van der Waals surface area contributed by atoms with Crippen LogP contribution in [0.25, 0.3) is 0 Å². The highest BCUT2D eigenvalue weighted by molar-refractivity contribution is 7.80. The zero-order chi connectivity index (χ0) is 14.0. The summed E-state index contributed by atoms with van der Waals surface area (Å²) in [6.45, 7) is 0. The molecule has 3 nitrogen and oxygen atoms in total. The number of hydrogen-bond donors (Lipinski definition) is 1. The first kappa shape index (κ1) is 14.3. The van der Waals surface area contributed by atoms with Gasteiger partial charge in [-0.1, -0.05) is 53.1 Å². The van der Waals surface area contributed by atoms with Crippen molar-refractivity contribution in [3.63, 3.8) is 0 Å². The monoisotopic (exact) mass is 332 g/mol. The Morgan fingerprint density at radius 3 is 2.47 bits per heavy atom. The number of nitrogens with two attached hydrogens (primary N) is 1. The fourth-order valence-corrected chi connectivity index (χ4v) is 1.99. The van der Waals surface area contributed by atoms with Crippen LogP contribution in [0.5, 0.6) is 11.6 Å². The van der Waals surface area contributed by atoms with Crippen LogP contribution in [0.3, 0.4) is 0 Å². The van der Waals surface area contributed by atoms with Crippen LogP contribution in [0.4, 0.5) is 0 Å². The molecule has 0 unspecified atom stereocenters. The molecule has 19 heavy (non-hydrogen) atoms. The second-order valence-electron chi connectivity index (χ2n) is 3.52. The maximum absolute atomic E-state index is 6.01. The molecular formula is C12H7Cl3N2OS. The summed E-state index contributed by atoms with van der Waals surface area (Å²) >= 11 is 22.6. The molecule has 2 aromatic rings. The summed E-state index contributed by atoms with van der Waals surface area (Å²) in [7, 11) is 0. The largest absolute Gasteiger partial charge is 0.437 e. The minimum Gasteiger partial charge on any atom is -0.437 e. The molecule has 1 aromatic heterocycles. The lowest BCUT2D eigenvalue weighted by molar-refractivity contribution is 0.463. The molecule has 0 aliphatic carbocycles. The van der Waals surface area contributed by atoms with Gasteiger partial charge in [-0.05, 0) is 12.1 Å². The molecule has 0 atom stereocenters. The maximum Gasteiger partial charge on any atom is 0.219 e. The Labute approximate surface area is 130 Å². The molecule has 0 radical (unpaired) electrons. The highest BCUT2D eigenvalue weighted by Crippen LogP contribution is 2.35. The van der Waals surface area contributed by atoms with E-state index in [1.54, 1.807) is 18.2 Å². The van der Waals surface area contributed by atoms with Gasteiger partial charge in [-0.25, -0.2) is 4.98 Å². The minimum atomic E-state index is 0.186. The topological polar surface area (TPSA) is 48.1 Å². The third kappa shape index (κ3) is 3.48. The SMILES string of the molecule is NC(=S)c1cccc(Oc2cc(Cl)c(Cl)cc2Cl)n1. The summed E-state index contributed by atoms with van der Waals surface area (Å²) in [5, 5.41) is 1.02. The van der Waals surface area contributed by atoms with Crippen LogP contribution < -0.4 is 10.5 Å². The molecular weight excluding hydrogens is 327 g/mol. The summed E-state index contributed by atoms with van der Waals surface area (Å²) in [5.74, 6) is 0.661. The predicted octanol–water partition coefficient (Wildman–Crippen LogP) is 4.47. The number of hydrogen-bond acceptors (Lipinski definition) is 3. The van der Waals surface area contributed by atoms with Crippen LogP contribution >= 0.6 is 47.0 Å². The van der Waals surface area contributed by atoms with Gasteiger partial charge in [0.15, 0.2) is 0 Å².